The fourth-order valence-corrected chi connectivity index (χ4v) is 4.02. The average molecular weight is 444 g/mol. The molecule has 0 aliphatic heterocycles. The number of carbonyl (C=O) groups excluding carboxylic acids is 1. The van der Waals surface area contributed by atoms with Gasteiger partial charge in [0, 0.05) is 37.3 Å². The molecule has 0 saturated heterocycles. The van der Waals surface area contributed by atoms with Crippen LogP contribution in [0.4, 0.5) is 0 Å². The van der Waals surface area contributed by atoms with E-state index < -0.39 is 15.9 Å². The quantitative estimate of drug-likeness (QED) is 0.574. The summed E-state index contributed by atoms with van der Waals surface area (Å²) < 4.78 is 35.5. The number of hydrogen-bond acceptors (Lipinski definition) is 6. The highest BCUT2D eigenvalue weighted by atomic mass is 32.2. The second kappa shape index (κ2) is 9.22. The predicted octanol–water partition coefficient (Wildman–Crippen LogP) is 2.50. The zero-order chi connectivity index (χ0) is 22.6. The van der Waals surface area contributed by atoms with Gasteiger partial charge < -0.3 is 19.4 Å². The zero-order valence-electron chi connectivity index (χ0n) is 17.8. The molecule has 31 heavy (non-hydrogen) atoms. The largest absolute Gasteiger partial charge is 0.497 e. The summed E-state index contributed by atoms with van der Waals surface area (Å²) in [5.41, 5.74) is 1.77. The van der Waals surface area contributed by atoms with E-state index in [9.17, 15) is 13.2 Å². The van der Waals surface area contributed by atoms with Crippen LogP contribution in [0.3, 0.4) is 0 Å². The Morgan fingerprint density at radius 3 is 2.19 bits per heavy atom. The number of amides is 1. The number of rotatable bonds is 8. The Bertz CT molecular complexity index is 1150. The van der Waals surface area contributed by atoms with Gasteiger partial charge in [-0.2, -0.15) is 0 Å². The molecule has 1 heterocycles. The molecule has 1 amide bonds. The van der Waals surface area contributed by atoms with Gasteiger partial charge in [0.2, 0.25) is 0 Å². The number of imidazole rings is 1. The van der Waals surface area contributed by atoms with E-state index in [1.165, 1.54) is 6.26 Å². The Balaban J connectivity index is 1.93. The first kappa shape index (κ1) is 22.4. The van der Waals surface area contributed by atoms with Gasteiger partial charge in [-0.05, 0) is 35.4 Å². The second-order valence-electron chi connectivity index (χ2n) is 7.22. The summed E-state index contributed by atoms with van der Waals surface area (Å²) >= 11 is 0. The molecule has 0 radical (unpaired) electrons. The second-order valence-corrected chi connectivity index (χ2v) is 9.36. The van der Waals surface area contributed by atoms with Crippen molar-refractivity contribution in [1.82, 2.24) is 14.9 Å². The minimum Gasteiger partial charge on any atom is -0.497 e. The van der Waals surface area contributed by atoms with Crippen LogP contribution in [0.5, 0.6) is 11.5 Å². The third kappa shape index (κ3) is 5.64. The average Bonchev–Trinajstić information content (AvgIpc) is 3.16. The summed E-state index contributed by atoms with van der Waals surface area (Å²) in [7, 11) is 1.82. The number of ether oxygens (including phenoxy) is 2. The molecule has 0 spiro atoms. The van der Waals surface area contributed by atoms with Crippen molar-refractivity contribution >= 4 is 15.7 Å². The van der Waals surface area contributed by atoms with Gasteiger partial charge in [0.1, 0.15) is 23.4 Å². The number of sulfone groups is 1. The monoisotopic (exact) mass is 443 g/mol. The molecular formula is C22H25N3O5S. The summed E-state index contributed by atoms with van der Waals surface area (Å²) in [6, 6.07) is 11.3. The third-order valence-electron chi connectivity index (χ3n) is 4.74. The van der Waals surface area contributed by atoms with E-state index in [1.807, 2.05) is 23.7 Å². The molecule has 3 aromatic rings. The van der Waals surface area contributed by atoms with Crippen LogP contribution in [-0.2, 0) is 22.6 Å². The maximum atomic E-state index is 13.0. The topological polar surface area (TPSA) is 99.5 Å². The van der Waals surface area contributed by atoms with Gasteiger partial charge in [0.15, 0.2) is 9.84 Å². The van der Waals surface area contributed by atoms with Gasteiger partial charge >= 0.3 is 0 Å². The van der Waals surface area contributed by atoms with E-state index in [1.54, 1.807) is 56.9 Å². The van der Waals surface area contributed by atoms with E-state index in [-0.39, 0.29) is 11.7 Å². The van der Waals surface area contributed by atoms with E-state index in [2.05, 4.69) is 10.3 Å². The van der Waals surface area contributed by atoms with Gasteiger partial charge in [0.05, 0.1) is 20.0 Å². The van der Waals surface area contributed by atoms with Crippen LogP contribution < -0.4 is 14.8 Å². The highest BCUT2D eigenvalue weighted by Crippen LogP contribution is 2.29. The fourth-order valence-electron chi connectivity index (χ4n) is 3.22. The summed E-state index contributed by atoms with van der Waals surface area (Å²) in [5, 5.41) is 3.01. The normalized spacial score (nSPS) is 12.3. The molecule has 1 N–H and O–H groups in total. The molecule has 0 saturated carbocycles. The molecule has 0 aliphatic carbocycles. The number of hydrogen-bond donors (Lipinski definition) is 1. The lowest BCUT2D eigenvalue weighted by atomic mass is 10.0. The summed E-state index contributed by atoms with van der Waals surface area (Å²) in [6.45, 7) is 0. The highest BCUT2D eigenvalue weighted by molar-refractivity contribution is 7.89. The minimum absolute atomic E-state index is 0.0750. The van der Waals surface area contributed by atoms with Crippen molar-refractivity contribution in [2.24, 2.45) is 7.05 Å². The molecule has 1 unspecified atom stereocenters. The van der Waals surface area contributed by atoms with Crippen LogP contribution in [-0.4, -0.2) is 44.4 Å². The van der Waals surface area contributed by atoms with E-state index >= 15 is 0 Å². The molecule has 1 aromatic heterocycles. The Morgan fingerprint density at radius 1 is 1.10 bits per heavy atom. The molecule has 0 aliphatic rings. The number of methoxy groups -OCH3 is 2. The molecule has 9 heteroatoms. The molecule has 0 bridgehead atoms. The van der Waals surface area contributed by atoms with Crippen molar-refractivity contribution in [2.75, 3.05) is 20.5 Å². The maximum Gasteiger partial charge on any atom is 0.252 e. The highest BCUT2D eigenvalue weighted by Gasteiger charge is 2.23. The van der Waals surface area contributed by atoms with E-state index in [0.29, 0.717) is 28.5 Å². The van der Waals surface area contributed by atoms with Crippen molar-refractivity contribution in [3.8, 4) is 11.5 Å². The number of carbonyl (C=O) groups is 1. The molecule has 3 rings (SSSR count). The number of nitrogens with zero attached hydrogens (tertiary/aromatic N) is 2. The number of aromatic nitrogens is 2. The Labute approximate surface area is 181 Å². The van der Waals surface area contributed by atoms with Crippen molar-refractivity contribution in [2.45, 2.75) is 11.8 Å². The van der Waals surface area contributed by atoms with Crippen molar-refractivity contribution < 1.29 is 22.7 Å². The lowest BCUT2D eigenvalue weighted by Crippen LogP contribution is -2.31. The number of benzene rings is 2. The van der Waals surface area contributed by atoms with Gasteiger partial charge in [-0.25, -0.2) is 13.4 Å². The molecule has 164 valence electrons. The number of nitrogens with one attached hydrogen (secondary N) is 1. The first-order chi connectivity index (χ1) is 14.7. The lowest BCUT2D eigenvalue weighted by molar-refractivity contribution is 0.0941. The zero-order valence-corrected chi connectivity index (χ0v) is 18.6. The van der Waals surface area contributed by atoms with Gasteiger partial charge in [-0.15, -0.1) is 0 Å². The standard InChI is InChI=1S/C22H25N3O5S/c1-25-10-9-23-21(25)20(17-11-18(29-2)13-19(12-17)30-3)24-22(26)16-7-5-15(6-8-16)14-31(4,27)28/h5-13,20H,14H2,1-4H3,(H,24,26). The predicted molar refractivity (Wildman–Crippen MR) is 117 cm³/mol. The van der Waals surface area contributed by atoms with E-state index in [0.717, 1.165) is 5.56 Å². The van der Waals surface area contributed by atoms with Gasteiger partial charge in [-0.3, -0.25) is 4.79 Å². The molecule has 2 aromatic carbocycles. The van der Waals surface area contributed by atoms with Gasteiger partial charge in [0.25, 0.3) is 5.91 Å². The number of aryl methyl sites for hydroxylation is 1. The Hall–Kier alpha value is -3.33. The van der Waals surface area contributed by atoms with Crippen LogP contribution in [0, 0.1) is 0 Å². The fraction of sp³-hybridized carbons (Fsp3) is 0.273. The minimum atomic E-state index is -3.15. The SMILES string of the molecule is COc1cc(OC)cc(C(NC(=O)c2ccc(CS(C)(=O)=O)cc2)c2nccn2C)c1. The lowest BCUT2D eigenvalue weighted by Gasteiger charge is -2.20. The Morgan fingerprint density at radius 2 is 1.71 bits per heavy atom. The van der Waals surface area contributed by atoms with E-state index in [4.69, 9.17) is 9.47 Å². The first-order valence-corrected chi connectivity index (χ1v) is 11.5. The summed E-state index contributed by atoms with van der Waals surface area (Å²) in [4.78, 5) is 17.4. The Kier molecular flexibility index (Phi) is 6.65. The molecule has 0 fully saturated rings. The van der Waals surface area contributed by atoms with Crippen molar-refractivity contribution in [1.29, 1.82) is 0 Å². The van der Waals surface area contributed by atoms with Crippen LogP contribution in [0.25, 0.3) is 0 Å². The van der Waals surface area contributed by atoms with Crippen molar-refractivity contribution in [3.05, 3.63) is 77.4 Å². The molecule has 8 nitrogen and oxygen atoms in total. The third-order valence-corrected chi connectivity index (χ3v) is 5.60. The van der Waals surface area contributed by atoms with Crippen molar-refractivity contribution in [3.63, 3.8) is 0 Å². The molecule has 1 atom stereocenters. The summed E-state index contributed by atoms with van der Waals surface area (Å²) in [5.74, 6) is 1.42. The smallest absolute Gasteiger partial charge is 0.252 e. The van der Waals surface area contributed by atoms with Crippen LogP contribution in [0.15, 0.2) is 54.9 Å². The van der Waals surface area contributed by atoms with Crippen LogP contribution in [0.2, 0.25) is 0 Å². The maximum absolute atomic E-state index is 13.0. The summed E-state index contributed by atoms with van der Waals surface area (Å²) in [6.07, 6.45) is 4.63. The first-order valence-electron chi connectivity index (χ1n) is 9.48. The van der Waals surface area contributed by atoms with Crippen LogP contribution >= 0.6 is 0 Å². The van der Waals surface area contributed by atoms with Crippen LogP contribution in [0.1, 0.15) is 33.4 Å². The van der Waals surface area contributed by atoms with Gasteiger partial charge in [-0.1, -0.05) is 12.1 Å². The molecular weight excluding hydrogens is 418 g/mol.